The first kappa shape index (κ1) is 12.7. The summed E-state index contributed by atoms with van der Waals surface area (Å²) in [5.41, 5.74) is 7.58. The van der Waals surface area contributed by atoms with Crippen LogP contribution in [0.1, 0.15) is 42.8 Å². The van der Waals surface area contributed by atoms with E-state index in [4.69, 9.17) is 5.73 Å². The molecule has 1 aromatic rings. The van der Waals surface area contributed by atoms with E-state index in [2.05, 4.69) is 39.6 Å². The number of aromatic nitrogens is 1. The third-order valence-corrected chi connectivity index (χ3v) is 3.48. The summed E-state index contributed by atoms with van der Waals surface area (Å²) >= 11 is 1.78. The SMILES string of the molecule is Cc1nc(CC(N)CC(C)(C)C)sc1C. The van der Waals surface area contributed by atoms with E-state index in [0.29, 0.717) is 5.41 Å². The van der Waals surface area contributed by atoms with Gasteiger partial charge in [0.2, 0.25) is 0 Å². The third-order valence-electron chi connectivity index (χ3n) is 2.38. The van der Waals surface area contributed by atoms with E-state index in [1.54, 1.807) is 11.3 Å². The zero-order valence-corrected chi connectivity index (χ0v) is 11.2. The normalized spacial score (nSPS) is 14.3. The predicted octanol–water partition coefficient (Wildman–Crippen LogP) is 3.07. The van der Waals surface area contributed by atoms with E-state index in [9.17, 15) is 0 Å². The lowest BCUT2D eigenvalue weighted by Gasteiger charge is -2.22. The van der Waals surface area contributed by atoms with Crippen LogP contribution in [0.15, 0.2) is 0 Å². The Morgan fingerprint density at radius 3 is 2.33 bits per heavy atom. The van der Waals surface area contributed by atoms with Crippen molar-refractivity contribution >= 4 is 11.3 Å². The number of nitrogens with two attached hydrogens (primary N) is 1. The van der Waals surface area contributed by atoms with Crippen molar-refractivity contribution in [3.8, 4) is 0 Å². The van der Waals surface area contributed by atoms with Crippen LogP contribution >= 0.6 is 11.3 Å². The summed E-state index contributed by atoms with van der Waals surface area (Å²) in [6.45, 7) is 10.9. The lowest BCUT2D eigenvalue weighted by atomic mass is 9.87. The van der Waals surface area contributed by atoms with Gasteiger partial charge in [-0.05, 0) is 25.7 Å². The molecule has 0 aliphatic heterocycles. The summed E-state index contributed by atoms with van der Waals surface area (Å²) in [4.78, 5) is 5.83. The lowest BCUT2D eigenvalue weighted by Crippen LogP contribution is -2.28. The van der Waals surface area contributed by atoms with Crippen LogP contribution in [0.3, 0.4) is 0 Å². The van der Waals surface area contributed by atoms with E-state index in [0.717, 1.165) is 18.5 Å². The van der Waals surface area contributed by atoms with Gasteiger partial charge in [0.05, 0.1) is 10.7 Å². The first-order valence-corrected chi connectivity index (χ1v) is 6.28. The van der Waals surface area contributed by atoms with Crippen molar-refractivity contribution < 1.29 is 0 Å². The van der Waals surface area contributed by atoms with Crippen molar-refractivity contribution in [2.45, 2.75) is 53.5 Å². The van der Waals surface area contributed by atoms with E-state index in [1.807, 2.05) is 0 Å². The van der Waals surface area contributed by atoms with Crippen LogP contribution < -0.4 is 5.73 Å². The Hall–Kier alpha value is -0.410. The maximum absolute atomic E-state index is 6.12. The molecule has 3 heteroatoms. The van der Waals surface area contributed by atoms with E-state index in [-0.39, 0.29) is 6.04 Å². The van der Waals surface area contributed by atoms with Crippen LogP contribution in [0.25, 0.3) is 0 Å². The zero-order chi connectivity index (χ0) is 11.6. The molecule has 0 spiro atoms. The molecule has 0 saturated carbocycles. The second-order valence-corrected chi connectivity index (χ2v) is 6.77. The molecule has 0 aliphatic carbocycles. The van der Waals surface area contributed by atoms with Crippen LogP contribution in [0.4, 0.5) is 0 Å². The molecule has 15 heavy (non-hydrogen) atoms. The third kappa shape index (κ3) is 4.31. The topological polar surface area (TPSA) is 38.9 Å². The smallest absolute Gasteiger partial charge is 0.0946 e. The quantitative estimate of drug-likeness (QED) is 0.860. The molecular formula is C12H22N2S. The van der Waals surface area contributed by atoms with Gasteiger partial charge in [-0.2, -0.15) is 0 Å². The van der Waals surface area contributed by atoms with Gasteiger partial charge in [0.15, 0.2) is 0 Å². The Bertz CT molecular complexity index is 303. The monoisotopic (exact) mass is 226 g/mol. The Labute approximate surface area is 96.9 Å². The van der Waals surface area contributed by atoms with Crippen LogP contribution in [0, 0.1) is 19.3 Å². The van der Waals surface area contributed by atoms with E-state index >= 15 is 0 Å². The fourth-order valence-electron chi connectivity index (χ4n) is 1.71. The van der Waals surface area contributed by atoms with Gasteiger partial charge in [-0.3, -0.25) is 0 Å². The van der Waals surface area contributed by atoms with Gasteiger partial charge < -0.3 is 5.73 Å². The van der Waals surface area contributed by atoms with Gasteiger partial charge in [-0.25, -0.2) is 4.98 Å². The molecule has 0 radical (unpaired) electrons. The molecule has 1 heterocycles. The number of aryl methyl sites for hydroxylation is 2. The Balaban J connectivity index is 2.55. The highest BCUT2D eigenvalue weighted by atomic mass is 32.1. The van der Waals surface area contributed by atoms with E-state index in [1.165, 1.54) is 9.88 Å². The standard InChI is InChI=1S/C12H22N2S/c1-8-9(2)15-11(14-8)6-10(13)7-12(3,4)5/h10H,6-7,13H2,1-5H3. The zero-order valence-electron chi connectivity index (χ0n) is 10.4. The molecule has 1 rings (SSSR count). The van der Waals surface area contributed by atoms with Crippen molar-refractivity contribution in [1.29, 1.82) is 0 Å². The fourth-order valence-corrected chi connectivity index (χ4v) is 2.74. The molecule has 2 N–H and O–H groups in total. The Morgan fingerprint density at radius 1 is 1.33 bits per heavy atom. The second-order valence-electron chi connectivity index (χ2n) is 5.48. The lowest BCUT2D eigenvalue weighted by molar-refractivity contribution is 0.338. The predicted molar refractivity (Wildman–Crippen MR) is 67.3 cm³/mol. The maximum Gasteiger partial charge on any atom is 0.0946 e. The minimum Gasteiger partial charge on any atom is -0.327 e. The van der Waals surface area contributed by atoms with Crippen molar-refractivity contribution in [3.63, 3.8) is 0 Å². The minimum atomic E-state index is 0.231. The highest BCUT2D eigenvalue weighted by Gasteiger charge is 2.17. The Kier molecular flexibility index (Phi) is 3.90. The number of hydrogen-bond donors (Lipinski definition) is 1. The number of thiazole rings is 1. The van der Waals surface area contributed by atoms with E-state index < -0.39 is 0 Å². The largest absolute Gasteiger partial charge is 0.327 e. The molecule has 0 amide bonds. The van der Waals surface area contributed by atoms with Gasteiger partial charge in [0.1, 0.15) is 0 Å². The molecule has 86 valence electrons. The van der Waals surface area contributed by atoms with Crippen molar-refractivity contribution in [1.82, 2.24) is 4.98 Å². The summed E-state index contributed by atoms with van der Waals surface area (Å²) in [7, 11) is 0. The average molecular weight is 226 g/mol. The molecule has 1 atom stereocenters. The van der Waals surface area contributed by atoms with Crippen LogP contribution in [0.5, 0.6) is 0 Å². The van der Waals surface area contributed by atoms with Crippen molar-refractivity contribution in [3.05, 3.63) is 15.6 Å². The fraction of sp³-hybridized carbons (Fsp3) is 0.750. The molecule has 2 nitrogen and oxygen atoms in total. The summed E-state index contributed by atoms with van der Waals surface area (Å²) in [6, 6.07) is 0.231. The van der Waals surface area contributed by atoms with Gasteiger partial charge in [0, 0.05) is 17.3 Å². The summed E-state index contributed by atoms with van der Waals surface area (Å²) in [5.74, 6) is 0. The first-order valence-electron chi connectivity index (χ1n) is 5.46. The molecule has 0 bridgehead atoms. The average Bonchev–Trinajstić information content (AvgIpc) is 2.26. The number of nitrogens with zero attached hydrogens (tertiary/aromatic N) is 1. The van der Waals surface area contributed by atoms with Crippen LogP contribution in [-0.2, 0) is 6.42 Å². The van der Waals surface area contributed by atoms with Gasteiger partial charge in [-0.1, -0.05) is 20.8 Å². The van der Waals surface area contributed by atoms with Gasteiger partial charge in [-0.15, -0.1) is 11.3 Å². The Morgan fingerprint density at radius 2 is 1.93 bits per heavy atom. The van der Waals surface area contributed by atoms with Crippen LogP contribution in [0.2, 0.25) is 0 Å². The molecular weight excluding hydrogens is 204 g/mol. The number of rotatable bonds is 3. The van der Waals surface area contributed by atoms with Crippen molar-refractivity contribution in [2.75, 3.05) is 0 Å². The molecule has 0 aliphatic rings. The summed E-state index contributed by atoms with van der Waals surface area (Å²) in [6.07, 6.45) is 1.96. The summed E-state index contributed by atoms with van der Waals surface area (Å²) < 4.78 is 0. The molecule has 0 aromatic carbocycles. The van der Waals surface area contributed by atoms with Crippen molar-refractivity contribution in [2.24, 2.45) is 11.1 Å². The summed E-state index contributed by atoms with van der Waals surface area (Å²) in [5, 5.41) is 1.18. The highest BCUT2D eigenvalue weighted by molar-refractivity contribution is 7.11. The van der Waals surface area contributed by atoms with Gasteiger partial charge >= 0.3 is 0 Å². The van der Waals surface area contributed by atoms with Crippen LogP contribution in [-0.4, -0.2) is 11.0 Å². The first-order chi connectivity index (χ1) is 6.78. The maximum atomic E-state index is 6.12. The molecule has 0 fully saturated rings. The molecule has 1 unspecified atom stereocenters. The minimum absolute atomic E-state index is 0.231. The van der Waals surface area contributed by atoms with Gasteiger partial charge in [0.25, 0.3) is 0 Å². The molecule has 1 aromatic heterocycles. The highest BCUT2D eigenvalue weighted by Crippen LogP contribution is 2.23. The second kappa shape index (κ2) is 4.62. The number of hydrogen-bond acceptors (Lipinski definition) is 3. The molecule has 0 saturated heterocycles.